The maximum Gasteiger partial charge on any atom is 0.251 e. The molecule has 1 aromatic heterocycles. The number of carbonyl (C=O) groups excluding carboxylic acids is 1. The number of nitrogens with two attached hydrogens (primary N) is 1. The standard InChI is InChI=1S/C14H14N4O2/c15-13(18-20)10-4-6-11(7-5-10)14(19)17-9-12-3-1-2-8-16-12/h1-8,20H,9H2,(H2,15,18)(H,17,19). The number of carbonyl (C=O) groups is 1. The summed E-state index contributed by atoms with van der Waals surface area (Å²) in [7, 11) is 0. The summed E-state index contributed by atoms with van der Waals surface area (Å²) in [4.78, 5) is 16.0. The number of amidine groups is 1. The van der Waals surface area contributed by atoms with Crippen LogP contribution in [0, 0.1) is 0 Å². The van der Waals surface area contributed by atoms with Gasteiger partial charge in [0.15, 0.2) is 5.84 Å². The Balaban J connectivity index is 1.99. The van der Waals surface area contributed by atoms with E-state index < -0.39 is 0 Å². The highest BCUT2D eigenvalue weighted by Crippen LogP contribution is 2.04. The number of amides is 1. The third kappa shape index (κ3) is 3.32. The van der Waals surface area contributed by atoms with Crippen molar-refractivity contribution in [2.75, 3.05) is 0 Å². The van der Waals surface area contributed by atoms with E-state index in [-0.39, 0.29) is 11.7 Å². The van der Waals surface area contributed by atoms with Crippen LogP contribution in [0.4, 0.5) is 0 Å². The highest BCUT2D eigenvalue weighted by Gasteiger charge is 2.06. The Bertz CT molecular complexity index is 609. The van der Waals surface area contributed by atoms with E-state index >= 15 is 0 Å². The van der Waals surface area contributed by atoms with Gasteiger partial charge in [0.25, 0.3) is 5.91 Å². The van der Waals surface area contributed by atoms with Gasteiger partial charge in [-0.15, -0.1) is 0 Å². The largest absolute Gasteiger partial charge is 0.409 e. The summed E-state index contributed by atoms with van der Waals surface area (Å²) in [6, 6.07) is 12.0. The quantitative estimate of drug-likeness (QED) is 0.335. The molecular formula is C14H14N4O2. The summed E-state index contributed by atoms with van der Waals surface area (Å²) in [6.45, 7) is 0.363. The molecule has 6 nitrogen and oxygen atoms in total. The fourth-order valence-corrected chi connectivity index (χ4v) is 1.63. The molecule has 102 valence electrons. The summed E-state index contributed by atoms with van der Waals surface area (Å²) in [5.74, 6) is -0.202. The van der Waals surface area contributed by atoms with Gasteiger partial charge in [-0.05, 0) is 24.3 Å². The van der Waals surface area contributed by atoms with Gasteiger partial charge in [0, 0.05) is 17.3 Å². The second-order valence-corrected chi connectivity index (χ2v) is 4.07. The summed E-state index contributed by atoms with van der Waals surface area (Å²) >= 11 is 0. The first-order valence-corrected chi connectivity index (χ1v) is 5.97. The number of hydrogen-bond donors (Lipinski definition) is 3. The fourth-order valence-electron chi connectivity index (χ4n) is 1.63. The first-order chi connectivity index (χ1) is 9.70. The first kappa shape index (κ1) is 13.5. The van der Waals surface area contributed by atoms with Gasteiger partial charge in [-0.2, -0.15) is 0 Å². The molecule has 0 aliphatic heterocycles. The van der Waals surface area contributed by atoms with Gasteiger partial charge >= 0.3 is 0 Å². The second kappa shape index (κ2) is 6.33. The number of nitrogens with one attached hydrogen (secondary N) is 1. The zero-order valence-electron chi connectivity index (χ0n) is 10.7. The molecular weight excluding hydrogens is 256 g/mol. The number of nitrogens with zero attached hydrogens (tertiary/aromatic N) is 2. The normalized spacial score (nSPS) is 11.1. The zero-order valence-corrected chi connectivity index (χ0v) is 10.7. The number of pyridine rings is 1. The van der Waals surface area contributed by atoms with Gasteiger partial charge in [0.1, 0.15) is 0 Å². The molecule has 20 heavy (non-hydrogen) atoms. The molecule has 1 aromatic carbocycles. The van der Waals surface area contributed by atoms with E-state index in [0.717, 1.165) is 5.69 Å². The predicted molar refractivity (Wildman–Crippen MR) is 74.4 cm³/mol. The van der Waals surface area contributed by atoms with Crippen LogP contribution in [0.15, 0.2) is 53.8 Å². The van der Waals surface area contributed by atoms with Gasteiger partial charge < -0.3 is 16.3 Å². The Hall–Kier alpha value is -2.89. The summed E-state index contributed by atoms with van der Waals surface area (Å²) in [5.41, 5.74) is 7.28. The lowest BCUT2D eigenvalue weighted by Gasteiger charge is -2.05. The van der Waals surface area contributed by atoms with Crippen LogP contribution in [0.5, 0.6) is 0 Å². The van der Waals surface area contributed by atoms with Gasteiger partial charge in [0.2, 0.25) is 0 Å². The monoisotopic (exact) mass is 270 g/mol. The van der Waals surface area contributed by atoms with Crippen molar-refractivity contribution in [1.29, 1.82) is 0 Å². The first-order valence-electron chi connectivity index (χ1n) is 5.97. The van der Waals surface area contributed by atoms with Crippen LogP contribution in [0.25, 0.3) is 0 Å². The number of aromatic nitrogens is 1. The zero-order chi connectivity index (χ0) is 14.4. The molecule has 0 saturated carbocycles. The summed E-state index contributed by atoms with van der Waals surface area (Å²) in [5, 5.41) is 14.2. The molecule has 0 fully saturated rings. The Morgan fingerprint density at radius 2 is 1.90 bits per heavy atom. The summed E-state index contributed by atoms with van der Waals surface area (Å²) in [6.07, 6.45) is 1.67. The lowest BCUT2D eigenvalue weighted by Crippen LogP contribution is -2.23. The van der Waals surface area contributed by atoms with Crippen LogP contribution in [-0.4, -0.2) is 21.9 Å². The van der Waals surface area contributed by atoms with Crippen molar-refractivity contribution in [1.82, 2.24) is 10.3 Å². The summed E-state index contributed by atoms with van der Waals surface area (Å²) < 4.78 is 0. The molecule has 4 N–H and O–H groups in total. The minimum absolute atomic E-state index is 0.00504. The molecule has 0 saturated heterocycles. The van der Waals surface area contributed by atoms with Crippen LogP contribution in [0.2, 0.25) is 0 Å². The van der Waals surface area contributed by atoms with Gasteiger partial charge in [-0.3, -0.25) is 9.78 Å². The number of rotatable bonds is 4. The minimum Gasteiger partial charge on any atom is -0.409 e. The van der Waals surface area contributed by atoms with Gasteiger partial charge in [-0.1, -0.05) is 23.4 Å². The van der Waals surface area contributed by atoms with E-state index in [0.29, 0.717) is 17.7 Å². The molecule has 0 atom stereocenters. The van der Waals surface area contributed by atoms with Crippen molar-refractivity contribution in [2.24, 2.45) is 10.9 Å². The van der Waals surface area contributed by atoms with Crippen molar-refractivity contribution in [3.63, 3.8) is 0 Å². The molecule has 0 aliphatic rings. The highest BCUT2D eigenvalue weighted by molar-refractivity contribution is 5.99. The van der Waals surface area contributed by atoms with E-state index in [2.05, 4.69) is 15.5 Å². The highest BCUT2D eigenvalue weighted by atomic mass is 16.4. The third-order valence-electron chi connectivity index (χ3n) is 2.71. The fraction of sp³-hybridized carbons (Fsp3) is 0.0714. The molecule has 2 aromatic rings. The van der Waals surface area contributed by atoms with Crippen molar-refractivity contribution in [3.05, 3.63) is 65.5 Å². The Labute approximate surface area is 115 Å². The SMILES string of the molecule is N/C(=N\O)c1ccc(C(=O)NCc2ccccn2)cc1. The topological polar surface area (TPSA) is 101 Å². The number of benzene rings is 1. The maximum atomic E-state index is 11.9. The van der Waals surface area contributed by atoms with E-state index in [1.165, 1.54) is 0 Å². The molecule has 0 aliphatic carbocycles. The van der Waals surface area contributed by atoms with E-state index in [4.69, 9.17) is 10.9 Å². The molecule has 0 unspecified atom stereocenters. The van der Waals surface area contributed by atoms with Crippen molar-refractivity contribution >= 4 is 11.7 Å². The lowest BCUT2D eigenvalue weighted by molar-refractivity contribution is 0.0950. The minimum atomic E-state index is -0.207. The van der Waals surface area contributed by atoms with Crippen LogP contribution >= 0.6 is 0 Å². The third-order valence-corrected chi connectivity index (χ3v) is 2.71. The average Bonchev–Trinajstić information content (AvgIpc) is 2.53. The molecule has 0 spiro atoms. The Kier molecular flexibility index (Phi) is 4.28. The van der Waals surface area contributed by atoms with Crippen molar-refractivity contribution in [2.45, 2.75) is 6.54 Å². The smallest absolute Gasteiger partial charge is 0.251 e. The van der Waals surface area contributed by atoms with Crippen LogP contribution in [0.1, 0.15) is 21.6 Å². The molecule has 6 heteroatoms. The van der Waals surface area contributed by atoms with Crippen LogP contribution in [-0.2, 0) is 6.54 Å². The lowest BCUT2D eigenvalue weighted by atomic mass is 10.1. The van der Waals surface area contributed by atoms with Crippen LogP contribution < -0.4 is 11.1 Å². The molecule has 1 amide bonds. The molecule has 2 rings (SSSR count). The number of hydrogen-bond acceptors (Lipinski definition) is 4. The Morgan fingerprint density at radius 1 is 1.20 bits per heavy atom. The van der Waals surface area contributed by atoms with Crippen molar-refractivity contribution < 1.29 is 10.0 Å². The predicted octanol–water partition coefficient (Wildman–Crippen LogP) is 1.11. The van der Waals surface area contributed by atoms with Crippen molar-refractivity contribution in [3.8, 4) is 0 Å². The molecule has 1 heterocycles. The Morgan fingerprint density at radius 3 is 2.50 bits per heavy atom. The van der Waals surface area contributed by atoms with Gasteiger partial charge in [-0.25, -0.2) is 0 Å². The van der Waals surface area contributed by atoms with E-state index in [9.17, 15) is 4.79 Å². The second-order valence-electron chi connectivity index (χ2n) is 4.07. The van der Waals surface area contributed by atoms with Gasteiger partial charge in [0.05, 0.1) is 12.2 Å². The van der Waals surface area contributed by atoms with Crippen LogP contribution in [0.3, 0.4) is 0 Å². The molecule has 0 bridgehead atoms. The van der Waals surface area contributed by atoms with E-state index in [1.807, 2.05) is 18.2 Å². The number of oxime groups is 1. The molecule has 0 radical (unpaired) electrons. The van der Waals surface area contributed by atoms with E-state index in [1.54, 1.807) is 30.5 Å². The average molecular weight is 270 g/mol. The maximum absolute atomic E-state index is 11.9.